The fraction of sp³-hybridized carbons (Fsp3) is 0.818. The topological polar surface area (TPSA) is 70.2 Å². The maximum absolute atomic E-state index is 11.8. The van der Waals surface area contributed by atoms with Crippen LogP contribution in [0.15, 0.2) is 0 Å². The Morgan fingerprint density at radius 1 is 1.19 bits per heavy atom. The lowest BCUT2D eigenvalue weighted by molar-refractivity contribution is -0.127. The average Bonchev–Trinajstić information content (AvgIpc) is 2.15. The second-order valence-electron chi connectivity index (χ2n) is 4.84. The van der Waals surface area contributed by atoms with E-state index < -0.39 is 11.5 Å². The van der Waals surface area contributed by atoms with Crippen LogP contribution in [0.4, 0.5) is 4.79 Å². The highest BCUT2D eigenvalue weighted by atomic mass is 16.2. The molecule has 5 heteroatoms. The molecule has 0 spiro atoms. The van der Waals surface area contributed by atoms with Crippen molar-refractivity contribution < 1.29 is 9.59 Å². The molecule has 0 saturated heterocycles. The van der Waals surface area contributed by atoms with Crippen LogP contribution in [0.2, 0.25) is 0 Å². The monoisotopic (exact) mass is 229 g/mol. The van der Waals surface area contributed by atoms with E-state index in [0.29, 0.717) is 13.1 Å². The molecule has 0 radical (unpaired) electrons. The second-order valence-corrected chi connectivity index (χ2v) is 4.84. The summed E-state index contributed by atoms with van der Waals surface area (Å²) in [5.41, 5.74) is -0.433. The van der Waals surface area contributed by atoms with Gasteiger partial charge in [-0.15, -0.1) is 0 Å². The van der Waals surface area contributed by atoms with Crippen molar-refractivity contribution >= 4 is 11.8 Å². The molecule has 0 bridgehead atoms. The Balaban J connectivity index is 4.00. The quantitative estimate of drug-likeness (QED) is 0.602. The molecule has 1 unspecified atom stereocenters. The average molecular weight is 229 g/mol. The number of nitrogens with one attached hydrogen (secondary N) is 3. The van der Waals surface area contributed by atoms with Crippen LogP contribution < -0.4 is 16.0 Å². The van der Waals surface area contributed by atoms with Crippen molar-refractivity contribution in [3.8, 4) is 0 Å². The number of hydrogen-bond donors (Lipinski definition) is 3. The van der Waals surface area contributed by atoms with Gasteiger partial charge in [-0.2, -0.15) is 0 Å². The maximum atomic E-state index is 11.8. The molecular formula is C11H23N3O2. The lowest BCUT2D eigenvalue weighted by Gasteiger charge is -2.22. The van der Waals surface area contributed by atoms with E-state index >= 15 is 0 Å². The summed E-state index contributed by atoms with van der Waals surface area (Å²) in [6, 6.07) is -0.769. The van der Waals surface area contributed by atoms with Crippen LogP contribution in [-0.4, -0.2) is 38.0 Å². The van der Waals surface area contributed by atoms with Gasteiger partial charge in [0.15, 0.2) is 5.78 Å². The molecule has 1 atom stereocenters. The van der Waals surface area contributed by atoms with Gasteiger partial charge in [0.25, 0.3) is 0 Å². The van der Waals surface area contributed by atoms with Gasteiger partial charge in [-0.1, -0.05) is 20.8 Å². The van der Waals surface area contributed by atoms with Gasteiger partial charge in [0.2, 0.25) is 0 Å². The number of Topliss-reactive ketones (excluding diaryl/α,β-unsaturated/α-hetero) is 1. The third-order valence-corrected chi connectivity index (χ3v) is 2.14. The summed E-state index contributed by atoms with van der Waals surface area (Å²) in [5.74, 6) is 0.0243. The van der Waals surface area contributed by atoms with Crippen molar-refractivity contribution in [1.29, 1.82) is 0 Å². The number of urea groups is 1. The molecule has 0 aromatic carbocycles. The highest BCUT2D eigenvalue weighted by molar-refractivity contribution is 5.91. The summed E-state index contributed by atoms with van der Waals surface area (Å²) in [6.45, 7) is 8.46. The van der Waals surface area contributed by atoms with Crippen molar-refractivity contribution in [1.82, 2.24) is 16.0 Å². The molecule has 0 rings (SSSR count). The van der Waals surface area contributed by atoms with Crippen molar-refractivity contribution in [2.24, 2.45) is 5.41 Å². The predicted octanol–water partition coefficient (Wildman–Crippen LogP) is 0.509. The van der Waals surface area contributed by atoms with Crippen LogP contribution in [0.3, 0.4) is 0 Å². The summed E-state index contributed by atoms with van der Waals surface area (Å²) >= 11 is 0. The van der Waals surface area contributed by atoms with Crippen LogP contribution in [0.5, 0.6) is 0 Å². The molecule has 0 fully saturated rings. The smallest absolute Gasteiger partial charge is 0.315 e. The largest absolute Gasteiger partial charge is 0.337 e. The Hall–Kier alpha value is -1.10. The molecule has 5 nitrogen and oxygen atoms in total. The van der Waals surface area contributed by atoms with Crippen molar-refractivity contribution in [2.45, 2.75) is 33.7 Å². The molecule has 0 aliphatic carbocycles. The highest BCUT2D eigenvalue weighted by Gasteiger charge is 2.27. The van der Waals surface area contributed by atoms with E-state index in [9.17, 15) is 9.59 Å². The molecule has 0 aromatic heterocycles. The summed E-state index contributed by atoms with van der Waals surface area (Å²) in [6.07, 6.45) is 0. The minimum atomic E-state index is -0.463. The van der Waals surface area contributed by atoms with Gasteiger partial charge in [-0.05, 0) is 14.0 Å². The lowest BCUT2D eigenvalue weighted by atomic mass is 9.87. The van der Waals surface area contributed by atoms with Gasteiger partial charge in [0, 0.05) is 18.5 Å². The number of ketones is 1. The van der Waals surface area contributed by atoms with E-state index in [-0.39, 0.29) is 11.8 Å². The fourth-order valence-electron chi connectivity index (χ4n) is 1.26. The van der Waals surface area contributed by atoms with Crippen LogP contribution in [0.25, 0.3) is 0 Å². The van der Waals surface area contributed by atoms with Crippen LogP contribution in [-0.2, 0) is 4.79 Å². The van der Waals surface area contributed by atoms with Crippen molar-refractivity contribution in [2.75, 3.05) is 20.1 Å². The van der Waals surface area contributed by atoms with E-state index in [1.54, 1.807) is 6.92 Å². The zero-order chi connectivity index (χ0) is 12.8. The molecule has 0 aliphatic rings. The summed E-state index contributed by atoms with van der Waals surface area (Å²) in [7, 11) is 1.81. The molecule has 94 valence electrons. The predicted molar refractivity (Wildman–Crippen MR) is 64.4 cm³/mol. The van der Waals surface area contributed by atoms with Crippen LogP contribution in [0.1, 0.15) is 27.7 Å². The highest BCUT2D eigenvalue weighted by Crippen LogP contribution is 2.16. The third kappa shape index (κ3) is 5.70. The lowest BCUT2D eigenvalue weighted by Crippen LogP contribution is -2.48. The minimum Gasteiger partial charge on any atom is -0.337 e. The first-order chi connectivity index (χ1) is 7.29. The van der Waals surface area contributed by atoms with Gasteiger partial charge >= 0.3 is 6.03 Å². The molecule has 0 aromatic rings. The maximum Gasteiger partial charge on any atom is 0.315 e. The standard InChI is InChI=1S/C11H23N3O2/c1-8(9(15)11(2,3)4)14-10(16)13-7-6-12-5/h8,12H,6-7H2,1-5H3,(H2,13,14,16). The first-order valence-corrected chi connectivity index (χ1v) is 5.52. The normalized spacial score (nSPS) is 13.1. The van der Waals surface area contributed by atoms with Gasteiger partial charge in [-0.25, -0.2) is 4.79 Å². The van der Waals surface area contributed by atoms with E-state index in [1.165, 1.54) is 0 Å². The number of carbonyl (C=O) groups excluding carboxylic acids is 2. The number of hydrogen-bond acceptors (Lipinski definition) is 3. The molecule has 0 aliphatic heterocycles. The minimum absolute atomic E-state index is 0.0243. The Morgan fingerprint density at radius 2 is 1.75 bits per heavy atom. The van der Waals surface area contributed by atoms with Crippen molar-refractivity contribution in [3.05, 3.63) is 0 Å². The first kappa shape index (κ1) is 14.9. The molecule has 3 N–H and O–H groups in total. The second kappa shape index (κ2) is 6.48. The van der Waals surface area contributed by atoms with Gasteiger partial charge in [-0.3, -0.25) is 4.79 Å². The van der Waals surface area contributed by atoms with E-state index in [2.05, 4.69) is 16.0 Å². The molecular weight excluding hydrogens is 206 g/mol. The number of likely N-dealkylation sites (N-methyl/N-ethyl adjacent to an activating group) is 1. The molecule has 0 heterocycles. The molecule has 16 heavy (non-hydrogen) atoms. The van der Waals surface area contributed by atoms with E-state index in [0.717, 1.165) is 0 Å². The summed E-state index contributed by atoms with van der Waals surface area (Å²) in [4.78, 5) is 23.1. The summed E-state index contributed by atoms with van der Waals surface area (Å²) < 4.78 is 0. The Kier molecular flexibility index (Phi) is 6.03. The molecule has 0 saturated carbocycles. The fourth-order valence-corrected chi connectivity index (χ4v) is 1.26. The number of carbonyl (C=O) groups is 2. The zero-order valence-electron chi connectivity index (χ0n) is 10.8. The zero-order valence-corrected chi connectivity index (χ0v) is 10.8. The number of amides is 2. The van der Waals surface area contributed by atoms with Gasteiger partial charge in [0.1, 0.15) is 0 Å². The van der Waals surface area contributed by atoms with E-state index in [4.69, 9.17) is 0 Å². The first-order valence-electron chi connectivity index (χ1n) is 5.52. The number of rotatable bonds is 5. The Labute approximate surface area is 97.4 Å². The Bertz CT molecular complexity index is 246. The van der Waals surface area contributed by atoms with Crippen LogP contribution in [0, 0.1) is 5.41 Å². The van der Waals surface area contributed by atoms with Crippen molar-refractivity contribution in [3.63, 3.8) is 0 Å². The molecule has 2 amide bonds. The SMILES string of the molecule is CNCCNC(=O)NC(C)C(=O)C(C)(C)C. The van der Waals surface area contributed by atoms with Crippen LogP contribution >= 0.6 is 0 Å². The van der Waals surface area contributed by atoms with E-state index in [1.807, 2.05) is 27.8 Å². The third-order valence-electron chi connectivity index (χ3n) is 2.14. The van der Waals surface area contributed by atoms with Gasteiger partial charge < -0.3 is 16.0 Å². The van der Waals surface area contributed by atoms with Gasteiger partial charge in [0.05, 0.1) is 6.04 Å². The Morgan fingerprint density at radius 3 is 2.19 bits per heavy atom. The summed E-state index contributed by atoms with van der Waals surface area (Å²) in [5, 5.41) is 8.19.